The highest BCUT2D eigenvalue weighted by atomic mass is 16.4. The SMILES string of the molecule is C=Cc1c[nH]c(C)[n+]1Cc1ccccc1.CC(=O)[O-]. The number of carboxylic acids is 1. The molecule has 0 bridgehead atoms. The van der Waals surface area contributed by atoms with Crippen LogP contribution in [0.2, 0.25) is 0 Å². The molecule has 0 aliphatic carbocycles. The summed E-state index contributed by atoms with van der Waals surface area (Å²) in [4.78, 5) is 12.1. The number of benzene rings is 1. The largest absolute Gasteiger partial charge is 0.550 e. The summed E-state index contributed by atoms with van der Waals surface area (Å²) in [6, 6.07) is 10.4. The van der Waals surface area contributed by atoms with Gasteiger partial charge in [-0.3, -0.25) is 0 Å². The second-order valence-corrected chi connectivity index (χ2v) is 4.07. The number of nitrogens with zero attached hydrogens (tertiary/aromatic N) is 1. The molecule has 0 saturated heterocycles. The molecule has 100 valence electrons. The van der Waals surface area contributed by atoms with Gasteiger partial charge in [-0.2, -0.15) is 0 Å². The Kier molecular flexibility index (Phi) is 5.54. The maximum atomic E-state index is 8.89. The van der Waals surface area contributed by atoms with Gasteiger partial charge < -0.3 is 9.90 Å². The van der Waals surface area contributed by atoms with E-state index in [1.807, 2.05) is 18.3 Å². The van der Waals surface area contributed by atoms with E-state index in [9.17, 15) is 0 Å². The van der Waals surface area contributed by atoms with Crippen molar-refractivity contribution in [3.8, 4) is 0 Å². The van der Waals surface area contributed by atoms with E-state index in [0.29, 0.717) is 0 Å². The van der Waals surface area contributed by atoms with Gasteiger partial charge >= 0.3 is 0 Å². The van der Waals surface area contributed by atoms with Crippen molar-refractivity contribution in [3.63, 3.8) is 0 Å². The van der Waals surface area contributed by atoms with Crippen LogP contribution in [-0.2, 0) is 11.3 Å². The minimum absolute atomic E-state index is 0.886. The summed E-state index contributed by atoms with van der Waals surface area (Å²) >= 11 is 0. The first-order valence-electron chi connectivity index (χ1n) is 5.96. The molecule has 1 heterocycles. The third-order valence-corrected chi connectivity index (χ3v) is 2.54. The quantitative estimate of drug-likeness (QED) is 0.837. The Morgan fingerprint density at radius 3 is 2.53 bits per heavy atom. The Labute approximate surface area is 113 Å². The number of H-pyrrole nitrogens is 1. The van der Waals surface area contributed by atoms with Crippen molar-refractivity contribution < 1.29 is 14.5 Å². The number of imidazole rings is 1. The predicted octanol–water partition coefficient (Wildman–Crippen LogP) is 1.06. The molecule has 0 unspecified atom stereocenters. The number of aromatic nitrogens is 2. The van der Waals surface area contributed by atoms with Crippen molar-refractivity contribution in [1.29, 1.82) is 0 Å². The number of rotatable bonds is 3. The molecule has 0 amide bonds. The number of aromatic amines is 1. The molecule has 0 radical (unpaired) electrons. The van der Waals surface area contributed by atoms with Crippen LogP contribution in [0.5, 0.6) is 0 Å². The first-order valence-corrected chi connectivity index (χ1v) is 5.96. The lowest BCUT2D eigenvalue weighted by Gasteiger charge is -2.00. The van der Waals surface area contributed by atoms with Crippen molar-refractivity contribution >= 4 is 12.0 Å². The van der Waals surface area contributed by atoms with E-state index in [-0.39, 0.29) is 0 Å². The van der Waals surface area contributed by atoms with E-state index in [1.54, 1.807) is 0 Å². The van der Waals surface area contributed by atoms with Gasteiger partial charge in [-0.05, 0) is 18.6 Å². The van der Waals surface area contributed by atoms with Crippen LogP contribution in [0.3, 0.4) is 0 Å². The summed E-state index contributed by atoms with van der Waals surface area (Å²) in [5.41, 5.74) is 2.42. The number of carbonyl (C=O) groups excluding carboxylic acids is 1. The third kappa shape index (κ3) is 4.79. The topological polar surface area (TPSA) is 59.8 Å². The molecule has 0 fully saturated rings. The Hall–Kier alpha value is -2.36. The molecule has 1 aromatic carbocycles. The van der Waals surface area contributed by atoms with E-state index in [1.165, 1.54) is 5.56 Å². The monoisotopic (exact) mass is 258 g/mol. The van der Waals surface area contributed by atoms with Gasteiger partial charge in [0.15, 0.2) is 5.69 Å². The lowest BCUT2D eigenvalue weighted by molar-refractivity contribution is -0.694. The van der Waals surface area contributed by atoms with Crippen LogP contribution in [0.4, 0.5) is 0 Å². The Balaban J connectivity index is 0.000000399. The smallest absolute Gasteiger partial charge is 0.251 e. The summed E-state index contributed by atoms with van der Waals surface area (Å²) in [6.45, 7) is 7.73. The number of carboxylic acid groups (broad SMARTS) is 1. The molecule has 1 aromatic heterocycles. The van der Waals surface area contributed by atoms with Crippen LogP contribution in [0.15, 0.2) is 43.1 Å². The molecule has 0 spiro atoms. The van der Waals surface area contributed by atoms with Crippen LogP contribution in [-0.4, -0.2) is 11.0 Å². The highest BCUT2D eigenvalue weighted by molar-refractivity contribution is 5.60. The zero-order chi connectivity index (χ0) is 14.3. The summed E-state index contributed by atoms with van der Waals surface area (Å²) in [6.07, 6.45) is 3.84. The summed E-state index contributed by atoms with van der Waals surface area (Å²) in [5, 5.41) is 8.89. The average Bonchev–Trinajstić information content (AvgIpc) is 2.71. The first-order chi connectivity index (χ1) is 9.04. The predicted molar refractivity (Wildman–Crippen MR) is 72.0 cm³/mol. The van der Waals surface area contributed by atoms with Gasteiger partial charge in [-0.15, -0.1) is 0 Å². The molecule has 1 N–H and O–H groups in total. The van der Waals surface area contributed by atoms with Gasteiger partial charge in [0.2, 0.25) is 0 Å². The van der Waals surface area contributed by atoms with Gasteiger partial charge in [0.05, 0.1) is 0 Å². The fraction of sp³-hybridized carbons (Fsp3) is 0.200. The molecule has 4 nitrogen and oxygen atoms in total. The van der Waals surface area contributed by atoms with Crippen LogP contribution in [0.25, 0.3) is 6.08 Å². The number of hydrogen-bond donors (Lipinski definition) is 1. The Morgan fingerprint density at radius 2 is 2.00 bits per heavy atom. The van der Waals surface area contributed by atoms with Gasteiger partial charge in [0, 0.05) is 12.9 Å². The fourth-order valence-electron chi connectivity index (χ4n) is 1.67. The summed E-state index contributed by atoms with van der Waals surface area (Å²) in [5.74, 6) is 0.0637. The standard InChI is InChI=1S/C13H14N2.C2H4O2/c1-3-13-9-14-11(2)15(13)10-12-7-5-4-6-8-12;1-2(3)4/h3-9H,1,10H2,2H3;1H3,(H,3,4). The van der Waals surface area contributed by atoms with Crippen molar-refractivity contribution in [2.24, 2.45) is 0 Å². The number of hydrogen-bond acceptors (Lipinski definition) is 2. The van der Waals surface area contributed by atoms with Crippen LogP contribution >= 0.6 is 0 Å². The van der Waals surface area contributed by atoms with E-state index < -0.39 is 5.97 Å². The van der Waals surface area contributed by atoms with Gasteiger partial charge in [-0.1, -0.05) is 36.9 Å². The van der Waals surface area contributed by atoms with Gasteiger partial charge in [-0.25, -0.2) is 9.55 Å². The maximum Gasteiger partial charge on any atom is 0.251 e. The van der Waals surface area contributed by atoms with Crippen molar-refractivity contribution in [2.75, 3.05) is 0 Å². The number of aryl methyl sites for hydroxylation is 1. The molecule has 2 aromatic rings. The van der Waals surface area contributed by atoms with Crippen molar-refractivity contribution in [1.82, 2.24) is 4.98 Å². The molecule has 0 atom stereocenters. The average molecular weight is 258 g/mol. The normalized spacial score (nSPS) is 9.37. The molecule has 19 heavy (non-hydrogen) atoms. The van der Waals surface area contributed by atoms with Gasteiger partial charge in [0.25, 0.3) is 5.82 Å². The highest BCUT2D eigenvalue weighted by Crippen LogP contribution is 2.01. The molecular weight excluding hydrogens is 240 g/mol. The number of nitrogens with one attached hydrogen (secondary N) is 1. The second kappa shape index (κ2) is 7.16. The van der Waals surface area contributed by atoms with Crippen molar-refractivity contribution in [2.45, 2.75) is 20.4 Å². The number of aliphatic carboxylic acids is 1. The Bertz CT molecular complexity index is 541. The van der Waals surface area contributed by atoms with E-state index in [0.717, 1.165) is 25.0 Å². The minimum atomic E-state index is -1.08. The summed E-state index contributed by atoms with van der Waals surface area (Å²) < 4.78 is 2.21. The summed E-state index contributed by atoms with van der Waals surface area (Å²) in [7, 11) is 0. The second-order valence-electron chi connectivity index (χ2n) is 4.07. The molecule has 0 saturated carbocycles. The van der Waals surface area contributed by atoms with Crippen LogP contribution < -0.4 is 9.67 Å². The Morgan fingerprint density at radius 1 is 1.42 bits per heavy atom. The zero-order valence-corrected chi connectivity index (χ0v) is 11.2. The van der Waals surface area contributed by atoms with Crippen LogP contribution in [0.1, 0.15) is 24.0 Å². The molecule has 0 aliphatic heterocycles. The van der Waals surface area contributed by atoms with Crippen LogP contribution in [0, 0.1) is 6.92 Å². The highest BCUT2D eigenvalue weighted by Gasteiger charge is 2.11. The molecule has 0 aliphatic rings. The minimum Gasteiger partial charge on any atom is -0.550 e. The van der Waals surface area contributed by atoms with Gasteiger partial charge in [0.1, 0.15) is 12.7 Å². The lowest BCUT2D eigenvalue weighted by atomic mass is 10.2. The lowest BCUT2D eigenvalue weighted by Crippen LogP contribution is -2.38. The zero-order valence-electron chi connectivity index (χ0n) is 11.2. The first kappa shape index (κ1) is 14.7. The fourth-order valence-corrected chi connectivity index (χ4v) is 1.67. The maximum absolute atomic E-state index is 8.89. The molecular formula is C15H18N2O2. The van der Waals surface area contributed by atoms with E-state index in [4.69, 9.17) is 9.90 Å². The van der Waals surface area contributed by atoms with E-state index >= 15 is 0 Å². The van der Waals surface area contributed by atoms with E-state index in [2.05, 4.69) is 47.3 Å². The van der Waals surface area contributed by atoms with Crippen molar-refractivity contribution in [3.05, 3.63) is 60.2 Å². The molecule has 2 rings (SSSR count). The third-order valence-electron chi connectivity index (χ3n) is 2.54. The molecule has 4 heteroatoms. The number of carbonyl (C=O) groups is 1.